The average Bonchev–Trinajstić information content (AvgIpc) is 3.19. The van der Waals surface area contributed by atoms with Crippen LogP contribution in [-0.4, -0.2) is 34.2 Å². The van der Waals surface area contributed by atoms with E-state index in [-0.39, 0.29) is 16.3 Å². The molecule has 0 saturated heterocycles. The molecule has 3 amide bonds. The fourth-order valence-electron chi connectivity index (χ4n) is 3.48. The molecule has 10 heteroatoms. The molecule has 3 aromatic rings. The van der Waals surface area contributed by atoms with Crippen molar-refractivity contribution in [3.8, 4) is 5.75 Å². The second-order valence-corrected chi connectivity index (χ2v) is 9.57. The Morgan fingerprint density at radius 1 is 1.09 bits per heavy atom. The molecule has 0 aliphatic carbocycles. The lowest BCUT2D eigenvalue weighted by molar-refractivity contribution is -0.123. The Kier molecular flexibility index (Phi) is 7.75. The number of anilines is 2. The fourth-order valence-corrected chi connectivity index (χ4v) is 4.22. The molecule has 1 aromatic heterocycles. The zero-order valence-corrected chi connectivity index (χ0v) is 20.9. The van der Waals surface area contributed by atoms with E-state index < -0.39 is 29.3 Å². The van der Waals surface area contributed by atoms with Gasteiger partial charge in [0.25, 0.3) is 11.8 Å². The summed E-state index contributed by atoms with van der Waals surface area (Å²) in [6.07, 6.45) is 0. The minimum Gasteiger partial charge on any atom is -0.494 e. The van der Waals surface area contributed by atoms with Crippen molar-refractivity contribution in [1.82, 2.24) is 9.69 Å². The van der Waals surface area contributed by atoms with Crippen molar-refractivity contribution in [3.05, 3.63) is 70.7 Å². The molecular weight excluding hydrogens is 466 g/mol. The molecule has 3 rings (SSSR count). The van der Waals surface area contributed by atoms with Crippen LogP contribution in [0.2, 0.25) is 0 Å². The number of para-hydroxylation sites is 1. The van der Waals surface area contributed by atoms with Gasteiger partial charge in [-0.15, -0.1) is 0 Å². The lowest BCUT2D eigenvalue weighted by Gasteiger charge is -2.33. The van der Waals surface area contributed by atoms with Crippen LogP contribution in [0.4, 0.5) is 11.4 Å². The van der Waals surface area contributed by atoms with Crippen molar-refractivity contribution in [2.24, 2.45) is 5.73 Å². The Labute approximate surface area is 208 Å². The molecule has 1 unspecified atom stereocenters. The van der Waals surface area contributed by atoms with Gasteiger partial charge in [-0.05, 0) is 69.1 Å². The van der Waals surface area contributed by atoms with E-state index >= 15 is 0 Å². The van der Waals surface area contributed by atoms with E-state index in [1.165, 1.54) is 4.90 Å². The zero-order chi connectivity index (χ0) is 25.8. The average molecular weight is 496 g/mol. The Hall–Kier alpha value is -3.92. The Balaban J connectivity index is 2.19. The summed E-state index contributed by atoms with van der Waals surface area (Å²) in [5, 5.41) is 2.97. The number of benzene rings is 2. The monoisotopic (exact) mass is 495 g/mol. The van der Waals surface area contributed by atoms with Crippen LogP contribution in [-0.2, 0) is 4.79 Å². The summed E-state index contributed by atoms with van der Waals surface area (Å²) >= 11 is 0.763. The van der Waals surface area contributed by atoms with Crippen LogP contribution in [0, 0.1) is 0 Å². The number of carbonyl (C=O) groups excluding carboxylic acids is 3. The van der Waals surface area contributed by atoms with Crippen LogP contribution in [0.3, 0.4) is 0 Å². The van der Waals surface area contributed by atoms with Gasteiger partial charge in [0.15, 0.2) is 5.69 Å². The number of nitrogen functional groups attached to an aromatic ring is 1. The number of hydrogen-bond donors (Lipinski definition) is 3. The molecule has 0 aliphatic heterocycles. The van der Waals surface area contributed by atoms with Crippen LogP contribution in [0.1, 0.15) is 59.5 Å². The smallest absolute Gasteiger partial charge is 0.273 e. The zero-order valence-electron chi connectivity index (χ0n) is 20.1. The Bertz CT molecular complexity index is 1200. The van der Waals surface area contributed by atoms with Gasteiger partial charge < -0.3 is 21.5 Å². The Morgan fingerprint density at radius 3 is 2.23 bits per heavy atom. The highest BCUT2D eigenvalue weighted by Gasteiger charge is 2.37. The van der Waals surface area contributed by atoms with E-state index in [9.17, 15) is 14.4 Å². The largest absolute Gasteiger partial charge is 0.494 e. The molecule has 184 valence electrons. The van der Waals surface area contributed by atoms with Gasteiger partial charge in [0.2, 0.25) is 5.91 Å². The first kappa shape index (κ1) is 25.7. The highest BCUT2D eigenvalue weighted by atomic mass is 32.1. The third kappa shape index (κ3) is 5.96. The van der Waals surface area contributed by atoms with Crippen molar-refractivity contribution in [1.29, 1.82) is 0 Å². The molecular formula is C25H29N5O4S. The number of aromatic nitrogens is 1. The second kappa shape index (κ2) is 10.6. The predicted octanol–water partition coefficient (Wildman–Crippen LogP) is 3.53. The molecule has 0 fully saturated rings. The van der Waals surface area contributed by atoms with Gasteiger partial charge in [0.1, 0.15) is 16.7 Å². The maximum absolute atomic E-state index is 13.9. The molecule has 2 aromatic carbocycles. The van der Waals surface area contributed by atoms with Crippen LogP contribution < -0.4 is 26.4 Å². The van der Waals surface area contributed by atoms with Crippen LogP contribution >= 0.6 is 11.5 Å². The minimum atomic E-state index is -1.06. The van der Waals surface area contributed by atoms with Crippen molar-refractivity contribution in [2.75, 3.05) is 17.2 Å². The number of nitrogens with zero attached hydrogens (tertiary/aromatic N) is 2. The number of carbonyl (C=O) groups is 3. The molecule has 5 N–H and O–H groups in total. The first-order chi connectivity index (χ1) is 16.5. The van der Waals surface area contributed by atoms with E-state index in [4.69, 9.17) is 16.2 Å². The van der Waals surface area contributed by atoms with E-state index in [1.807, 2.05) is 27.7 Å². The fraction of sp³-hybridized carbons (Fsp3) is 0.280. The van der Waals surface area contributed by atoms with E-state index in [1.54, 1.807) is 54.6 Å². The van der Waals surface area contributed by atoms with Crippen molar-refractivity contribution in [3.63, 3.8) is 0 Å². The van der Waals surface area contributed by atoms with E-state index in [2.05, 4.69) is 9.69 Å². The highest BCUT2D eigenvalue weighted by Crippen LogP contribution is 2.34. The molecule has 0 aliphatic rings. The number of ether oxygens (including phenoxy) is 1. The SMILES string of the molecule is CCOc1ccc(C(C(=O)NC(C)(C)C)N(C(=O)c2snc(C(N)=O)c2N)c2ccccc2)cc1. The molecule has 1 atom stereocenters. The molecule has 9 nitrogen and oxygen atoms in total. The van der Waals surface area contributed by atoms with E-state index in [0.717, 1.165) is 11.5 Å². The van der Waals surface area contributed by atoms with Gasteiger partial charge in [0, 0.05) is 11.2 Å². The summed E-state index contributed by atoms with van der Waals surface area (Å²) in [7, 11) is 0. The second-order valence-electron chi connectivity index (χ2n) is 8.79. The number of primary amides is 1. The normalized spacial score (nSPS) is 12.0. The van der Waals surface area contributed by atoms with Crippen molar-refractivity contribution >= 4 is 40.6 Å². The van der Waals surface area contributed by atoms with Gasteiger partial charge in [-0.1, -0.05) is 30.3 Å². The number of nitrogens with two attached hydrogens (primary N) is 2. The van der Waals surface area contributed by atoms with Gasteiger partial charge in [-0.25, -0.2) is 0 Å². The third-order valence-corrected chi connectivity index (χ3v) is 5.77. The molecule has 0 bridgehead atoms. The topological polar surface area (TPSA) is 141 Å². The summed E-state index contributed by atoms with van der Waals surface area (Å²) in [6, 6.07) is 14.7. The first-order valence-corrected chi connectivity index (χ1v) is 11.8. The number of hydrogen-bond acceptors (Lipinski definition) is 7. The maximum atomic E-state index is 13.9. The summed E-state index contributed by atoms with van der Waals surface area (Å²) < 4.78 is 9.49. The van der Waals surface area contributed by atoms with E-state index in [0.29, 0.717) is 23.6 Å². The van der Waals surface area contributed by atoms with Gasteiger partial charge in [-0.2, -0.15) is 4.37 Å². The van der Waals surface area contributed by atoms with Crippen molar-refractivity contribution in [2.45, 2.75) is 39.3 Å². The molecule has 1 heterocycles. The first-order valence-electron chi connectivity index (χ1n) is 11.0. The van der Waals surface area contributed by atoms with Crippen LogP contribution in [0.25, 0.3) is 0 Å². The standard InChI is InChI=1S/C25H29N5O4S/c1-5-34-17-13-11-15(12-14-17)20(23(32)28-25(2,3)4)30(16-9-7-6-8-10-16)24(33)21-18(26)19(22(27)31)29-35-21/h6-14,20H,5,26H2,1-4H3,(H2,27,31)(H,28,32). The maximum Gasteiger partial charge on any atom is 0.273 e. The molecule has 0 spiro atoms. The van der Waals surface area contributed by atoms with Crippen molar-refractivity contribution < 1.29 is 19.1 Å². The summed E-state index contributed by atoms with van der Waals surface area (Å²) in [5.74, 6) is -1.17. The lowest BCUT2D eigenvalue weighted by Crippen LogP contribution is -2.49. The number of rotatable bonds is 8. The van der Waals surface area contributed by atoms with Gasteiger partial charge >= 0.3 is 0 Å². The van der Waals surface area contributed by atoms with Crippen LogP contribution in [0.5, 0.6) is 5.75 Å². The summed E-state index contributed by atoms with van der Waals surface area (Å²) in [4.78, 5) is 40.6. The minimum absolute atomic E-state index is 0.0159. The number of amides is 3. The Morgan fingerprint density at radius 2 is 1.71 bits per heavy atom. The predicted molar refractivity (Wildman–Crippen MR) is 137 cm³/mol. The highest BCUT2D eigenvalue weighted by molar-refractivity contribution is 7.09. The summed E-state index contributed by atoms with van der Waals surface area (Å²) in [5.41, 5.74) is 11.6. The third-order valence-electron chi connectivity index (χ3n) is 4.92. The molecule has 35 heavy (non-hydrogen) atoms. The molecule has 0 saturated carbocycles. The van der Waals surface area contributed by atoms with Gasteiger partial charge in [-0.3, -0.25) is 19.3 Å². The van der Waals surface area contributed by atoms with Gasteiger partial charge in [0.05, 0.1) is 12.3 Å². The van der Waals surface area contributed by atoms with Crippen LogP contribution in [0.15, 0.2) is 54.6 Å². The summed E-state index contributed by atoms with van der Waals surface area (Å²) in [6.45, 7) is 7.94. The number of nitrogens with one attached hydrogen (secondary N) is 1. The quantitative estimate of drug-likeness (QED) is 0.437. The lowest BCUT2D eigenvalue weighted by atomic mass is 10.00. The molecule has 0 radical (unpaired) electrons.